The fourth-order valence-corrected chi connectivity index (χ4v) is 3.75. The van der Waals surface area contributed by atoms with E-state index in [2.05, 4.69) is 24.2 Å². The predicted octanol–water partition coefficient (Wildman–Crippen LogP) is 0.687. The van der Waals surface area contributed by atoms with Crippen LogP contribution < -0.4 is 11.3 Å². The SMILES string of the molecule is CC(C)N1CCN(S(=O)(=O)c2ccc(NN)cc2)CC1. The highest BCUT2D eigenvalue weighted by Crippen LogP contribution is 2.20. The quantitative estimate of drug-likeness (QED) is 0.631. The van der Waals surface area contributed by atoms with Crippen LogP contribution in [0.4, 0.5) is 5.69 Å². The summed E-state index contributed by atoms with van der Waals surface area (Å²) in [4.78, 5) is 2.60. The number of nitrogen functional groups attached to an aromatic ring is 1. The summed E-state index contributed by atoms with van der Waals surface area (Å²) in [5.41, 5.74) is 3.18. The van der Waals surface area contributed by atoms with Gasteiger partial charge in [0.05, 0.1) is 4.90 Å². The number of sulfonamides is 1. The van der Waals surface area contributed by atoms with E-state index in [1.165, 1.54) is 0 Å². The van der Waals surface area contributed by atoms with Crippen LogP contribution in [0.25, 0.3) is 0 Å². The molecule has 0 aliphatic carbocycles. The first-order chi connectivity index (χ1) is 9.45. The van der Waals surface area contributed by atoms with Gasteiger partial charge in [0.2, 0.25) is 10.0 Å². The Kier molecular flexibility index (Phi) is 4.64. The number of nitrogens with zero attached hydrogens (tertiary/aromatic N) is 2. The maximum atomic E-state index is 12.5. The van der Waals surface area contributed by atoms with Gasteiger partial charge in [0.15, 0.2) is 0 Å². The summed E-state index contributed by atoms with van der Waals surface area (Å²) in [6.45, 7) is 6.89. The number of piperazine rings is 1. The zero-order valence-corrected chi connectivity index (χ0v) is 12.7. The Morgan fingerprint density at radius 3 is 2.10 bits per heavy atom. The molecule has 1 aromatic rings. The van der Waals surface area contributed by atoms with E-state index < -0.39 is 10.0 Å². The molecule has 0 bridgehead atoms. The number of benzene rings is 1. The number of nitrogens with one attached hydrogen (secondary N) is 1. The van der Waals surface area contributed by atoms with Crippen molar-refractivity contribution < 1.29 is 8.42 Å². The summed E-state index contributed by atoms with van der Waals surface area (Å²) in [5.74, 6) is 5.28. The lowest BCUT2D eigenvalue weighted by atomic mass is 10.3. The predicted molar refractivity (Wildman–Crippen MR) is 79.7 cm³/mol. The van der Waals surface area contributed by atoms with Gasteiger partial charge in [-0.3, -0.25) is 10.7 Å². The number of hydrogen-bond donors (Lipinski definition) is 2. The molecule has 0 spiro atoms. The first-order valence-corrected chi connectivity index (χ1v) is 8.20. The Balaban J connectivity index is 2.11. The number of hydrogen-bond acceptors (Lipinski definition) is 5. The lowest BCUT2D eigenvalue weighted by molar-refractivity contribution is 0.154. The molecule has 1 aromatic carbocycles. The zero-order chi connectivity index (χ0) is 14.8. The van der Waals surface area contributed by atoms with Crippen molar-refractivity contribution in [3.05, 3.63) is 24.3 Å². The highest BCUT2D eigenvalue weighted by atomic mass is 32.2. The second-order valence-corrected chi connectivity index (χ2v) is 7.14. The molecular formula is C13H22N4O2S. The van der Waals surface area contributed by atoms with Gasteiger partial charge in [-0.05, 0) is 38.1 Å². The molecule has 2 rings (SSSR count). The Hall–Kier alpha value is -1.15. The van der Waals surface area contributed by atoms with E-state index >= 15 is 0 Å². The number of nitrogens with two attached hydrogens (primary N) is 1. The van der Waals surface area contributed by atoms with E-state index in [9.17, 15) is 8.42 Å². The third-order valence-corrected chi connectivity index (χ3v) is 5.58. The summed E-state index contributed by atoms with van der Waals surface area (Å²) in [5, 5.41) is 0. The van der Waals surface area contributed by atoms with Crippen molar-refractivity contribution in [1.82, 2.24) is 9.21 Å². The van der Waals surface area contributed by atoms with E-state index in [0.29, 0.717) is 29.7 Å². The Bertz CT molecular complexity index is 534. The van der Waals surface area contributed by atoms with Crippen LogP contribution in [0.5, 0.6) is 0 Å². The molecule has 6 nitrogen and oxygen atoms in total. The molecule has 112 valence electrons. The van der Waals surface area contributed by atoms with Crippen molar-refractivity contribution in [3.63, 3.8) is 0 Å². The summed E-state index contributed by atoms with van der Waals surface area (Å²) in [6, 6.07) is 6.95. The standard InChI is InChI=1S/C13H22N4O2S/c1-11(2)16-7-9-17(10-8-16)20(18,19)13-5-3-12(15-14)4-6-13/h3-6,11,15H,7-10,14H2,1-2H3. The van der Waals surface area contributed by atoms with Crippen LogP contribution in [-0.2, 0) is 10.0 Å². The molecule has 0 amide bonds. The zero-order valence-electron chi connectivity index (χ0n) is 11.9. The minimum absolute atomic E-state index is 0.314. The van der Waals surface area contributed by atoms with Crippen LogP contribution in [0.2, 0.25) is 0 Å². The average molecular weight is 298 g/mol. The van der Waals surface area contributed by atoms with E-state index in [4.69, 9.17) is 5.84 Å². The molecule has 0 atom stereocenters. The summed E-state index contributed by atoms with van der Waals surface area (Å²) >= 11 is 0. The minimum atomic E-state index is -3.40. The summed E-state index contributed by atoms with van der Waals surface area (Å²) in [6.07, 6.45) is 0. The molecule has 0 radical (unpaired) electrons. The third-order valence-electron chi connectivity index (χ3n) is 3.66. The highest BCUT2D eigenvalue weighted by molar-refractivity contribution is 7.89. The number of hydrazine groups is 1. The van der Waals surface area contributed by atoms with Gasteiger partial charge >= 0.3 is 0 Å². The van der Waals surface area contributed by atoms with E-state index in [1.54, 1.807) is 28.6 Å². The van der Waals surface area contributed by atoms with Crippen molar-refractivity contribution in [2.45, 2.75) is 24.8 Å². The normalized spacial score (nSPS) is 18.4. The van der Waals surface area contributed by atoms with Crippen LogP contribution in [0.15, 0.2) is 29.2 Å². The average Bonchev–Trinajstić information content (AvgIpc) is 2.47. The van der Waals surface area contributed by atoms with E-state index in [-0.39, 0.29) is 0 Å². The molecule has 0 saturated carbocycles. The fraction of sp³-hybridized carbons (Fsp3) is 0.538. The van der Waals surface area contributed by atoms with Crippen LogP contribution in [0.3, 0.4) is 0 Å². The van der Waals surface area contributed by atoms with Crippen molar-refractivity contribution in [2.24, 2.45) is 5.84 Å². The molecule has 3 N–H and O–H groups in total. The molecular weight excluding hydrogens is 276 g/mol. The van der Waals surface area contributed by atoms with Gasteiger partial charge in [0.25, 0.3) is 0 Å². The van der Waals surface area contributed by atoms with Crippen LogP contribution >= 0.6 is 0 Å². The van der Waals surface area contributed by atoms with Gasteiger partial charge in [-0.15, -0.1) is 0 Å². The van der Waals surface area contributed by atoms with Gasteiger partial charge in [-0.2, -0.15) is 4.31 Å². The van der Waals surface area contributed by atoms with Gasteiger partial charge in [-0.1, -0.05) is 0 Å². The van der Waals surface area contributed by atoms with Crippen molar-refractivity contribution in [1.29, 1.82) is 0 Å². The monoisotopic (exact) mass is 298 g/mol. The maximum absolute atomic E-state index is 12.5. The van der Waals surface area contributed by atoms with Crippen molar-refractivity contribution in [2.75, 3.05) is 31.6 Å². The number of anilines is 1. The molecule has 1 heterocycles. The molecule has 1 saturated heterocycles. The topological polar surface area (TPSA) is 78.7 Å². The Labute approximate surface area is 120 Å². The lowest BCUT2D eigenvalue weighted by Gasteiger charge is -2.36. The highest BCUT2D eigenvalue weighted by Gasteiger charge is 2.28. The molecule has 1 fully saturated rings. The first kappa shape index (κ1) is 15.2. The van der Waals surface area contributed by atoms with Gasteiger partial charge in [-0.25, -0.2) is 8.42 Å². The Morgan fingerprint density at radius 2 is 1.65 bits per heavy atom. The van der Waals surface area contributed by atoms with Crippen LogP contribution in [0.1, 0.15) is 13.8 Å². The third kappa shape index (κ3) is 3.12. The molecule has 1 aliphatic heterocycles. The summed E-state index contributed by atoms with van der Waals surface area (Å²) < 4.78 is 26.6. The fourth-order valence-electron chi connectivity index (χ4n) is 2.33. The number of rotatable bonds is 4. The van der Waals surface area contributed by atoms with Crippen molar-refractivity contribution in [3.8, 4) is 0 Å². The molecule has 0 aromatic heterocycles. The molecule has 0 unspecified atom stereocenters. The van der Waals surface area contributed by atoms with E-state index in [0.717, 1.165) is 13.1 Å². The van der Waals surface area contributed by atoms with Crippen LogP contribution in [0, 0.1) is 0 Å². The van der Waals surface area contributed by atoms with Gasteiger partial charge in [0.1, 0.15) is 0 Å². The Morgan fingerprint density at radius 1 is 1.10 bits per heavy atom. The van der Waals surface area contributed by atoms with Crippen LogP contribution in [-0.4, -0.2) is 49.8 Å². The molecule has 7 heteroatoms. The molecule has 1 aliphatic rings. The van der Waals surface area contributed by atoms with Gasteiger partial charge < -0.3 is 5.43 Å². The second-order valence-electron chi connectivity index (χ2n) is 5.20. The van der Waals surface area contributed by atoms with Crippen molar-refractivity contribution >= 4 is 15.7 Å². The van der Waals surface area contributed by atoms with E-state index in [1.807, 2.05) is 0 Å². The smallest absolute Gasteiger partial charge is 0.243 e. The van der Waals surface area contributed by atoms with Gasteiger partial charge in [0, 0.05) is 37.9 Å². The largest absolute Gasteiger partial charge is 0.324 e. The minimum Gasteiger partial charge on any atom is -0.324 e. The molecule has 20 heavy (non-hydrogen) atoms. The first-order valence-electron chi connectivity index (χ1n) is 6.76. The summed E-state index contributed by atoms with van der Waals surface area (Å²) in [7, 11) is -3.40. The maximum Gasteiger partial charge on any atom is 0.243 e. The lowest BCUT2D eigenvalue weighted by Crippen LogP contribution is -2.50. The second kappa shape index (κ2) is 6.09.